The standard InChI is InChI=1S/C25H31N5O5/c1-3-20-26-17-6-4-5-7-18(17)30(20)15-22(32)28-12-9-25(10-13-28)14-19(24(2,34)16-35-25)29-11-8-21(31)27-23(29)33/h4-8,11,19,34H,3,9-10,12-16H2,1-2H3,(H,27,31,33)/t19-,24-/m0/s1. The number of fused-ring (bicyclic) bond motifs is 1. The molecule has 5 rings (SSSR count). The van der Waals surface area contributed by atoms with Crippen molar-refractivity contribution in [2.75, 3.05) is 19.7 Å². The fourth-order valence-electron chi connectivity index (χ4n) is 5.42. The quantitative estimate of drug-likeness (QED) is 0.578. The summed E-state index contributed by atoms with van der Waals surface area (Å²) < 4.78 is 9.56. The number of nitrogens with zero attached hydrogens (tertiary/aromatic N) is 4. The van der Waals surface area contributed by atoms with Crippen LogP contribution in [0.1, 0.15) is 45.0 Å². The van der Waals surface area contributed by atoms with Gasteiger partial charge in [0.1, 0.15) is 18.0 Å². The average Bonchev–Trinajstić information content (AvgIpc) is 3.19. The number of amides is 1. The summed E-state index contributed by atoms with van der Waals surface area (Å²) in [5, 5.41) is 11.0. The van der Waals surface area contributed by atoms with Crippen molar-refractivity contribution in [1.82, 2.24) is 24.0 Å². The molecule has 2 saturated heterocycles. The number of piperidine rings is 1. The molecular weight excluding hydrogens is 450 g/mol. The highest BCUT2D eigenvalue weighted by atomic mass is 16.5. The molecule has 10 nitrogen and oxygen atoms in total. The Bertz CT molecular complexity index is 1360. The van der Waals surface area contributed by atoms with Crippen LogP contribution in [0.2, 0.25) is 0 Å². The van der Waals surface area contributed by atoms with Gasteiger partial charge in [0.25, 0.3) is 5.56 Å². The van der Waals surface area contributed by atoms with E-state index in [1.165, 1.54) is 16.8 Å². The van der Waals surface area contributed by atoms with E-state index in [9.17, 15) is 19.5 Å². The van der Waals surface area contributed by atoms with E-state index >= 15 is 0 Å². The lowest BCUT2D eigenvalue weighted by Crippen LogP contribution is -2.59. The molecule has 1 amide bonds. The summed E-state index contributed by atoms with van der Waals surface area (Å²) in [5.74, 6) is 0.925. The van der Waals surface area contributed by atoms with Crippen molar-refractivity contribution in [3.05, 3.63) is 63.2 Å². The first-order chi connectivity index (χ1) is 16.7. The molecule has 0 bridgehead atoms. The number of imidazole rings is 1. The van der Waals surface area contributed by atoms with Crippen molar-refractivity contribution < 1.29 is 14.6 Å². The summed E-state index contributed by atoms with van der Waals surface area (Å²) in [7, 11) is 0. The van der Waals surface area contributed by atoms with Gasteiger partial charge in [-0.3, -0.25) is 19.1 Å². The normalized spacial score (nSPS) is 24.2. The number of aromatic amines is 1. The summed E-state index contributed by atoms with van der Waals surface area (Å²) in [5.41, 5.74) is -0.989. The number of hydrogen-bond donors (Lipinski definition) is 2. The summed E-state index contributed by atoms with van der Waals surface area (Å²) in [6, 6.07) is 8.58. The third-order valence-electron chi connectivity index (χ3n) is 7.51. The Morgan fingerprint density at radius 3 is 2.69 bits per heavy atom. The Morgan fingerprint density at radius 1 is 1.23 bits per heavy atom. The van der Waals surface area contributed by atoms with Crippen LogP contribution in [0.5, 0.6) is 0 Å². The Balaban J connectivity index is 1.30. The fourth-order valence-corrected chi connectivity index (χ4v) is 5.42. The van der Waals surface area contributed by atoms with E-state index < -0.39 is 28.5 Å². The van der Waals surface area contributed by atoms with E-state index in [4.69, 9.17) is 4.74 Å². The van der Waals surface area contributed by atoms with Crippen LogP contribution in [0.25, 0.3) is 11.0 Å². The third-order valence-corrected chi connectivity index (χ3v) is 7.51. The molecule has 2 aliphatic rings. The molecular formula is C25H31N5O5. The van der Waals surface area contributed by atoms with Gasteiger partial charge in [0.15, 0.2) is 0 Å². The molecule has 1 spiro atoms. The summed E-state index contributed by atoms with van der Waals surface area (Å²) in [6.45, 7) is 5.04. The number of aliphatic hydroxyl groups is 1. The lowest BCUT2D eigenvalue weighted by atomic mass is 9.77. The van der Waals surface area contributed by atoms with Crippen molar-refractivity contribution in [3.63, 3.8) is 0 Å². The number of H-pyrrole nitrogens is 1. The SMILES string of the molecule is CCc1nc2ccccc2n1CC(=O)N1CCC2(CC1)C[C@H](n1ccc(=O)[nH]c1=O)[C@@](C)(O)CO2. The summed E-state index contributed by atoms with van der Waals surface area (Å²) in [6.07, 6.45) is 3.80. The zero-order valence-corrected chi connectivity index (χ0v) is 20.1. The van der Waals surface area contributed by atoms with Gasteiger partial charge in [0.05, 0.1) is 29.3 Å². The van der Waals surface area contributed by atoms with Gasteiger partial charge in [-0.1, -0.05) is 19.1 Å². The van der Waals surface area contributed by atoms with Crippen molar-refractivity contribution >= 4 is 16.9 Å². The van der Waals surface area contributed by atoms with Gasteiger partial charge in [-0.05, 0) is 31.9 Å². The first kappa shape index (κ1) is 23.5. The van der Waals surface area contributed by atoms with Crippen LogP contribution < -0.4 is 11.2 Å². The van der Waals surface area contributed by atoms with Crippen molar-refractivity contribution in [2.45, 2.75) is 63.3 Å². The molecule has 2 aliphatic heterocycles. The lowest BCUT2D eigenvalue weighted by molar-refractivity contribution is -0.202. The van der Waals surface area contributed by atoms with E-state index in [1.54, 1.807) is 6.92 Å². The van der Waals surface area contributed by atoms with E-state index in [2.05, 4.69) is 9.97 Å². The highest BCUT2D eigenvalue weighted by Crippen LogP contribution is 2.43. The van der Waals surface area contributed by atoms with E-state index in [1.807, 2.05) is 40.7 Å². The molecule has 3 aromatic rings. The zero-order valence-electron chi connectivity index (χ0n) is 20.1. The molecule has 2 N–H and O–H groups in total. The lowest BCUT2D eigenvalue weighted by Gasteiger charge is -2.51. The highest BCUT2D eigenvalue weighted by Gasteiger charge is 2.49. The maximum absolute atomic E-state index is 13.2. The maximum Gasteiger partial charge on any atom is 0.328 e. The highest BCUT2D eigenvalue weighted by molar-refractivity contribution is 5.81. The molecule has 0 radical (unpaired) electrons. The van der Waals surface area contributed by atoms with Gasteiger partial charge in [-0.25, -0.2) is 9.78 Å². The Hall–Kier alpha value is -3.24. The number of aromatic nitrogens is 4. The van der Waals surface area contributed by atoms with Crippen LogP contribution >= 0.6 is 0 Å². The number of carbonyl (C=O) groups is 1. The molecule has 186 valence electrons. The molecule has 0 saturated carbocycles. The van der Waals surface area contributed by atoms with Gasteiger partial charge >= 0.3 is 5.69 Å². The number of likely N-dealkylation sites (tertiary alicyclic amines) is 1. The third kappa shape index (κ3) is 4.32. The number of aryl methyl sites for hydroxylation is 1. The predicted molar refractivity (Wildman–Crippen MR) is 129 cm³/mol. The largest absolute Gasteiger partial charge is 0.386 e. The number of ether oxygens (including phenoxy) is 1. The van der Waals surface area contributed by atoms with Gasteiger partial charge in [0, 0.05) is 38.2 Å². The number of benzene rings is 1. The predicted octanol–water partition coefficient (Wildman–Crippen LogP) is 1.22. The molecule has 2 atom stereocenters. The van der Waals surface area contributed by atoms with Crippen molar-refractivity contribution in [2.24, 2.45) is 0 Å². The first-order valence-corrected chi connectivity index (χ1v) is 12.1. The topological polar surface area (TPSA) is 122 Å². The number of carbonyl (C=O) groups excluding carboxylic acids is 1. The van der Waals surface area contributed by atoms with Crippen molar-refractivity contribution in [1.29, 1.82) is 0 Å². The molecule has 1 aromatic carbocycles. The smallest absolute Gasteiger partial charge is 0.328 e. The Morgan fingerprint density at radius 2 is 1.97 bits per heavy atom. The van der Waals surface area contributed by atoms with E-state index in [0.717, 1.165) is 23.3 Å². The first-order valence-electron chi connectivity index (χ1n) is 12.1. The molecule has 10 heteroatoms. The monoisotopic (exact) mass is 481 g/mol. The second kappa shape index (κ2) is 8.76. The average molecular weight is 482 g/mol. The second-order valence-electron chi connectivity index (χ2n) is 9.90. The maximum atomic E-state index is 13.2. The number of rotatable bonds is 4. The van der Waals surface area contributed by atoms with Crippen LogP contribution in [0.4, 0.5) is 0 Å². The van der Waals surface area contributed by atoms with Gasteiger partial charge in [-0.15, -0.1) is 0 Å². The Labute approximate surface area is 202 Å². The molecule has 0 unspecified atom stereocenters. The zero-order chi connectivity index (χ0) is 24.8. The van der Waals surface area contributed by atoms with Crippen LogP contribution in [-0.2, 0) is 22.5 Å². The summed E-state index contributed by atoms with van der Waals surface area (Å²) in [4.78, 5) is 46.0. The Kier molecular flexibility index (Phi) is 5.88. The minimum absolute atomic E-state index is 0.0360. The van der Waals surface area contributed by atoms with E-state index in [0.29, 0.717) is 32.4 Å². The van der Waals surface area contributed by atoms with Gasteiger partial charge < -0.3 is 19.3 Å². The number of para-hydroxylation sites is 2. The van der Waals surface area contributed by atoms with Gasteiger partial charge in [0.2, 0.25) is 5.91 Å². The van der Waals surface area contributed by atoms with E-state index in [-0.39, 0.29) is 19.1 Å². The number of nitrogens with one attached hydrogen (secondary N) is 1. The molecule has 4 heterocycles. The van der Waals surface area contributed by atoms with Crippen LogP contribution in [0.3, 0.4) is 0 Å². The van der Waals surface area contributed by atoms with Crippen molar-refractivity contribution in [3.8, 4) is 0 Å². The molecule has 0 aliphatic carbocycles. The molecule has 35 heavy (non-hydrogen) atoms. The summed E-state index contributed by atoms with van der Waals surface area (Å²) >= 11 is 0. The molecule has 2 fully saturated rings. The minimum atomic E-state index is -1.26. The van der Waals surface area contributed by atoms with Crippen LogP contribution in [0.15, 0.2) is 46.1 Å². The van der Waals surface area contributed by atoms with Crippen LogP contribution in [0, 0.1) is 0 Å². The number of hydrogen-bond acceptors (Lipinski definition) is 6. The minimum Gasteiger partial charge on any atom is -0.386 e. The molecule has 2 aromatic heterocycles. The van der Waals surface area contributed by atoms with Gasteiger partial charge in [-0.2, -0.15) is 0 Å². The second-order valence-corrected chi connectivity index (χ2v) is 9.90. The van der Waals surface area contributed by atoms with Crippen LogP contribution in [-0.4, -0.2) is 65.9 Å². The fraction of sp³-hybridized carbons (Fsp3) is 0.520.